The largest absolute Gasteiger partial charge is 0.459 e. The molecule has 3 amide bonds. The molecular formula is C39H47N7O12S3. The summed E-state index contributed by atoms with van der Waals surface area (Å²) >= 11 is 1.73. The first kappa shape index (κ1) is 46.5. The van der Waals surface area contributed by atoms with Crippen molar-refractivity contribution in [3.8, 4) is 0 Å². The highest BCUT2D eigenvalue weighted by atomic mass is 32.2. The molecule has 1 fully saturated rings. The van der Waals surface area contributed by atoms with Crippen LogP contribution in [0.25, 0.3) is 0 Å². The van der Waals surface area contributed by atoms with Gasteiger partial charge in [-0.1, -0.05) is 72.0 Å². The molecule has 3 heterocycles. The third-order valence-electron chi connectivity index (χ3n) is 8.55. The van der Waals surface area contributed by atoms with Gasteiger partial charge < -0.3 is 41.5 Å². The normalized spacial score (nSPS) is 17.7. The highest BCUT2D eigenvalue weighted by Gasteiger charge is 2.55. The molecule has 0 aliphatic carbocycles. The number of sulfonamides is 1. The average molecular weight is 902 g/mol. The highest BCUT2D eigenvalue weighted by Crippen LogP contribution is 2.42. The van der Waals surface area contributed by atoms with Gasteiger partial charge in [-0.05, 0) is 52.7 Å². The van der Waals surface area contributed by atoms with Crippen LogP contribution in [0.1, 0.15) is 80.3 Å². The van der Waals surface area contributed by atoms with Crippen molar-refractivity contribution in [2.24, 2.45) is 11.5 Å². The minimum Gasteiger partial charge on any atom is -0.459 e. The van der Waals surface area contributed by atoms with E-state index in [0.717, 1.165) is 16.7 Å². The van der Waals surface area contributed by atoms with E-state index in [-0.39, 0.29) is 27.0 Å². The minimum atomic E-state index is -4.65. The summed E-state index contributed by atoms with van der Waals surface area (Å²) in [6.45, 7) is 9.07. The molecule has 8 N–H and O–H groups in total. The molecule has 2 aliphatic heterocycles. The standard InChI is InChI=1S/C39H47N7O12S3/c1-38(2,3)57-34(49)23(40)19-61(53,54)45-25(24-29(41)60-31(44-24)36(51)58-39(4,5)6)30(47)43-26-32(48)46-27(22(17-55-37(42)52)18-59-33(26)46)35(50)56-28(20-13-9-7-10-14-20)21-15-11-8-12-16-21/h7-16,23,25-26,28,33,45H,17-19,40-41H2,1-6H3,(H2,42,52)(H,43,47)/t23?,25-,26+,33+/m0/s1. The van der Waals surface area contributed by atoms with Crippen LogP contribution in [0.5, 0.6) is 0 Å². The van der Waals surface area contributed by atoms with Gasteiger partial charge in [-0.15, -0.1) is 11.8 Å². The van der Waals surface area contributed by atoms with Gasteiger partial charge in [0.1, 0.15) is 57.7 Å². The summed E-state index contributed by atoms with van der Waals surface area (Å²) in [6.07, 6.45) is -2.05. The number of fused-ring (bicyclic) bond motifs is 1. The second-order valence-electron chi connectivity index (χ2n) is 15.8. The molecule has 1 unspecified atom stereocenters. The Balaban J connectivity index is 1.44. The van der Waals surface area contributed by atoms with Gasteiger partial charge in [0.05, 0.1) is 5.75 Å². The summed E-state index contributed by atoms with van der Waals surface area (Å²) in [4.78, 5) is 84.8. The number of amides is 3. The van der Waals surface area contributed by atoms with Crippen molar-refractivity contribution in [3.05, 3.63) is 93.8 Å². The van der Waals surface area contributed by atoms with Gasteiger partial charge in [0.2, 0.25) is 20.9 Å². The quantitative estimate of drug-likeness (QED) is 0.0831. The number of hydrogen-bond acceptors (Lipinski definition) is 17. The molecule has 22 heteroatoms. The Morgan fingerprint density at radius 3 is 2.03 bits per heavy atom. The third kappa shape index (κ3) is 11.8. The molecule has 0 spiro atoms. The van der Waals surface area contributed by atoms with E-state index in [4.69, 9.17) is 36.1 Å². The van der Waals surface area contributed by atoms with Gasteiger partial charge in [-0.25, -0.2) is 27.8 Å². The highest BCUT2D eigenvalue weighted by molar-refractivity contribution is 8.00. The second-order valence-corrected chi connectivity index (χ2v) is 19.7. The number of hydrogen-bond donors (Lipinski definition) is 5. The maximum Gasteiger partial charge on any atom is 0.404 e. The molecular weight excluding hydrogens is 855 g/mol. The Bertz CT molecular complexity index is 2270. The SMILES string of the molecule is CC(C)(C)OC(=O)c1nc([C@H](NS(=O)(=O)CC(N)C(=O)OC(C)(C)C)C(=O)N[C@@H]2C(=O)N3C(C(=O)OC(c4ccccc4)c4ccccc4)=C(COC(N)=O)CS[C@H]23)c(N)s1. The first-order valence-electron chi connectivity index (χ1n) is 18.6. The summed E-state index contributed by atoms with van der Waals surface area (Å²) in [5.41, 5.74) is 16.2. The first-order valence-corrected chi connectivity index (χ1v) is 22.1. The number of nitrogens with two attached hydrogens (primary N) is 3. The van der Waals surface area contributed by atoms with Crippen LogP contribution in [0.3, 0.4) is 0 Å². The predicted octanol–water partition coefficient (Wildman–Crippen LogP) is 2.39. The minimum absolute atomic E-state index is 0.0107. The van der Waals surface area contributed by atoms with E-state index >= 15 is 0 Å². The summed E-state index contributed by atoms with van der Waals surface area (Å²) < 4.78 is 50.9. The lowest BCUT2D eigenvalue weighted by Gasteiger charge is -2.50. The molecule has 2 aromatic carbocycles. The van der Waals surface area contributed by atoms with Gasteiger partial charge in [0.25, 0.3) is 5.91 Å². The Morgan fingerprint density at radius 2 is 1.49 bits per heavy atom. The van der Waals surface area contributed by atoms with E-state index in [0.29, 0.717) is 22.5 Å². The van der Waals surface area contributed by atoms with E-state index in [9.17, 15) is 37.2 Å². The number of primary amides is 1. The maximum atomic E-state index is 14.2. The number of esters is 3. The molecule has 328 valence electrons. The van der Waals surface area contributed by atoms with Crippen molar-refractivity contribution in [2.45, 2.75) is 82.3 Å². The Hall–Kier alpha value is -5.55. The fourth-order valence-electron chi connectivity index (χ4n) is 6.03. The zero-order chi connectivity index (χ0) is 45.0. The zero-order valence-corrected chi connectivity index (χ0v) is 36.5. The smallest absolute Gasteiger partial charge is 0.404 e. The lowest BCUT2D eigenvalue weighted by Crippen LogP contribution is -2.71. The Labute approximate surface area is 360 Å². The van der Waals surface area contributed by atoms with Crippen LogP contribution in [-0.2, 0) is 48.1 Å². The summed E-state index contributed by atoms with van der Waals surface area (Å²) in [5, 5.41) is 1.03. The van der Waals surface area contributed by atoms with Crippen LogP contribution in [-0.4, -0.2) is 101 Å². The number of carbonyl (C=O) groups excluding carboxylic acids is 6. The molecule has 19 nitrogen and oxygen atoms in total. The number of carbonyl (C=O) groups is 6. The van der Waals surface area contributed by atoms with Crippen LogP contribution in [0.4, 0.5) is 9.80 Å². The Morgan fingerprint density at radius 1 is 0.918 bits per heavy atom. The molecule has 0 saturated carbocycles. The number of β-lactam (4-membered cyclic amide) rings is 1. The van der Waals surface area contributed by atoms with E-state index in [1.165, 1.54) is 0 Å². The van der Waals surface area contributed by atoms with Gasteiger partial charge in [0, 0.05) is 11.3 Å². The van der Waals surface area contributed by atoms with Crippen LogP contribution in [0.15, 0.2) is 71.9 Å². The molecule has 0 bridgehead atoms. The number of nitrogens with zero attached hydrogens (tertiary/aromatic N) is 2. The van der Waals surface area contributed by atoms with E-state index < -0.39 is 105 Å². The number of nitrogen functional groups attached to an aromatic ring is 1. The van der Waals surface area contributed by atoms with Gasteiger partial charge in [-0.3, -0.25) is 19.3 Å². The maximum absolute atomic E-state index is 14.2. The monoisotopic (exact) mass is 901 g/mol. The number of thiazole rings is 1. The van der Waals surface area contributed by atoms with Crippen LogP contribution < -0.4 is 27.2 Å². The number of aromatic nitrogens is 1. The number of ether oxygens (including phenoxy) is 4. The molecule has 3 aromatic rings. The topological polar surface area (TPSA) is 292 Å². The van der Waals surface area contributed by atoms with E-state index in [1.807, 2.05) is 0 Å². The molecule has 4 atom stereocenters. The summed E-state index contributed by atoms with van der Waals surface area (Å²) in [7, 11) is -4.65. The van der Waals surface area contributed by atoms with E-state index in [2.05, 4.69) is 15.0 Å². The lowest BCUT2D eigenvalue weighted by molar-refractivity contribution is -0.156. The Kier molecular flexibility index (Phi) is 14.2. The van der Waals surface area contributed by atoms with Gasteiger partial charge in [0.15, 0.2) is 6.10 Å². The molecule has 0 radical (unpaired) electrons. The molecule has 1 saturated heterocycles. The van der Waals surface area contributed by atoms with Crippen LogP contribution in [0.2, 0.25) is 0 Å². The molecule has 61 heavy (non-hydrogen) atoms. The number of nitrogens with one attached hydrogen (secondary N) is 2. The molecule has 1 aromatic heterocycles. The van der Waals surface area contributed by atoms with Crippen molar-refractivity contribution in [1.29, 1.82) is 0 Å². The lowest BCUT2D eigenvalue weighted by atomic mass is 10.0. The van der Waals surface area contributed by atoms with Crippen molar-refractivity contribution in [3.63, 3.8) is 0 Å². The zero-order valence-electron chi connectivity index (χ0n) is 34.0. The van der Waals surface area contributed by atoms with E-state index in [1.54, 1.807) is 102 Å². The van der Waals surface area contributed by atoms with Crippen molar-refractivity contribution in [1.82, 2.24) is 19.9 Å². The van der Waals surface area contributed by atoms with Crippen molar-refractivity contribution in [2.75, 3.05) is 23.8 Å². The summed E-state index contributed by atoms with van der Waals surface area (Å²) in [5.74, 6) is -5.85. The van der Waals surface area contributed by atoms with Crippen LogP contribution >= 0.6 is 23.1 Å². The molecule has 5 rings (SSSR count). The fourth-order valence-corrected chi connectivity index (χ4v) is 9.38. The molecule has 2 aliphatic rings. The first-order chi connectivity index (χ1) is 28.4. The third-order valence-corrected chi connectivity index (χ3v) is 12.2. The number of thioether (sulfide) groups is 1. The van der Waals surface area contributed by atoms with Crippen molar-refractivity contribution >= 4 is 73.9 Å². The number of rotatable bonds is 15. The van der Waals surface area contributed by atoms with Gasteiger partial charge >= 0.3 is 24.0 Å². The van der Waals surface area contributed by atoms with Crippen molar-refractivity contribution < 1.29 is 56.1 Å². The fraction of sp³-hybridized carbons (Fsp3) is 0.410. The number of benzene rings is 2. The number of anilines is 1. The summed E-state index contributed by atoms with van der Waals surface area (Å²) in [6, 6.07) is 12.7. The van der Waals surface area contributed by atoms with Gasteiger partial charge in [-0.2, -0.15) is 4.72 Å². The predicted molar refractivity (Wildman–Crippen MR) is 224 cm³/mol. The average Bonchev–Trinajstić information content (AvgIpc) is 3.57. The second kappa shape index (κ2) is 18.6. The van der Waals surface area contributed by atoms with Crippen LogP contribution in [0, 0.1) is 0 Å².